The highest BCUT2D eigenvalue weighted by atomic mass is 79.9. The molecule has 2 heterocycles. The first-order chi connectivity index (χ1) is 11.5. The third kappa shape index (κ3) is 2.94. The van der Waals surface area contributed by atoms with E-state index in [9.17, 15) is 4.79 Å². The minimum atomic E-state index is -0.369. The minimum Gasteiger partial charge on any atom is -0.462 e. The first-order valence-electron chi connectivity index (χ1n) is 7.84. The molecule has 0 aliphatic carbocycles. The van der Waals surface area contributed by atoms with Crippen LogP contribution in [0.4, 0.5) is 0 Å². The number of esters is 1. The number of pyridine rings is 1. The van der Waals surface area contributed by atoms with Crippen LogP contribution in [0.2, 0.25) is 0 Å². The number of hydrogen-bond acceptors (Lipinski definition) is 4. The predicted octanol–water partition coefficient (Wildman–Crippen LogP) is 4.62. The van der Waals surface area contributed by atoms with Crippen molar-refractivity contribution in [2.45, 2.75) is 26.8 Å². The number of fused-ring (bicyclic) bond motifs is 1. The van der Waals surface area contributed by atoms with Crippen molar-refractivity contribution in [1.29, 1.82) is 0 Å². The summed E-state index contributed by atoms with van der Waals surface area (Å²) >= 11 is 3.46. The van der Waals surface area contributed by atoms with Gasteiger partial charge in [-0.3, -0.25) is 0 Å². The quantitative estimate of drug-likeness (QED) is 0.612. The van der Waals surface area contributed by atoms with Gasteiger partial charge < -0.3 is 4.74 Å². The molecule has 0 N–H and O–H groups in total. The highest BCUT2D eigenvalue weighted by molar-refractivity contribution is 9.10. The molecular formula is C18H18BrN3O2. The third-order valence-corrected chi connectivity index (χ3v) is 4.23. The molecule has 3 aromatic rings. The molecule has 5 nitrogen and oxygen atoms in total. The van der Waals surface area contributed by atoms with Crippen molar-refractivity contribution >= 4 is 32.9 Å². The van der Waals surface area contributed by atoms with Crippen molar-refractivity contribution in [3.05, 3.63) is 46.6 Å². The zero-order valence-corrected chi connectivity index (χ0v) is 15.4. The van der Waals surface area contributed by atoms with Gasteiger partial charge in [-0.25, -0.2) is 14.5 Å². The summed E-state index contributed by atoms with van der Waals surface area (Å²) in [6, 6.07) is 11.7. The lowest BCUT2D eigenvalue weighted by Gasteiger charge is -2.10. The Morgan fingerprint density at radius 2 is 2.00 bits per heavy atom. The summed E-state index contributed by atoms with van der Waals surface area (Å²) in [5.74, 6) is -0.369. The van der Waals surface area contributed by atoms with Gasteiger partial charge in [-0.05, 0) is 42.8 Å². The molecular weight excluding hydrogens is 370 g/mol. The summed E-state index contributed by atoms with van der Waals surface area (Å²) in [5, 5.41) is 5.17. The SMILES string of the molecule is CCOC(=O)c1cc(-c2ccccc2)nc2c1c(Br)nn2C(C)C. The highest BCUT2D eigenvalue weighted by Gasteiger charge is 2.22. The van der Waals surface area contributed by atoms with Gasteiger partial charge >= 0.3 is 5.97 Å². The summed E-state index contributed by atoms with van der Waals surface area (Å²) in [7, 11) is 0. The van der Waals surface area contributed by atoms with E-state index >= 15 is 0 Å². The van der Waals surface area contributed by atoms with Crippen molar-refractivity contribution < 1.29 is 9.53 Å². The minimum absolute atomic E-state index is 0.118. The van der Waals surface area contributed by atoms with E-state index in [0.29, 0.717) is 27.8 Å². The van der Waals surface area contributed by atoms with Crippen LogP contribution in [0.1, 0.15) is 37.2 Å². The van der Waals surface area contributed by atoms with Gasteiger partial charge in [-0.15, -0.1) is 0 Å². The van der Waals surface area contributed by atoms with Gasteiger partial charge in [0.25, 0.3) is 0 Å². The summed E-state index contributed by atoms with van der Waals surface area (Å²) in [4.78, 5) is 17.2. The monoisotopic (exact) mass is 387 g/mol. The van der Waals surface area contributed by atoms with Crippen LogP contribution in [-0.2, 0) is 4.74 Å². The smallest absolute Gasteiger partial charge is 0.339 e. The Labute approximate surface area is 148 Å². The molecule has 0 radical (unpaired) electrons. The third-order valence-electron chi connectivity index (χ3n) is 3.67. The summed E-state index contributed by atoms with van der Waals surface area (Å²) in [6.07, 6.45) is 0. The molecule has 0 bridgehead atoms. The van der Waals surface area contributed by atoms with Crippen molar-refractivity contribution in [3.8, 4) is 11.3 Å². The number of nitrogens with zero attached hydrogens (tertiary/aromatic N) is 3. The van der Waals surface area contributed by atoms with Gasteiger partial charge in [0, 0.05) is 11.6 Å². The second-order valence-corrected chi connectivity index (χ2v) is 6.42. The van der Waals surface area contributed by atoms with Crippen LogP contribution in [-0.4, -0.2) is 27.3 Å². The van der Waals surface area contributed by atoms with E-state index in [1.165, 1.54) is 0 Å². The lowest BCUT2D eigenvalue weighted by atomic mass is 10.1. The number of carbonyl (C=O) groups excluding carboxylic acids is 1. The van der Waals surface area contributed by atoms with Crippen LogP contribution in [0.3, 0.4) is 0 Å². The Morgan fingerprint density at radius 1 is 1.29 bits per heavy atom. The van der Waals surface area contributed by atoms with Gasteiger partial charge in [-0.1, -0.05) is 30.3 Å². The maximum atomic E-state index is 12.5. The molecule has 1 aromatic carbocycles. The van der Waals surface area contributed by atoms with E-state index < -0.39 is 0 Å². The molecule has 0 spiro atoms. The lowest BCUT2D eigenvalue weighted by molar-refractivity contribution is 0.0528. The highest BCUT2D eigenvalue weighted by Crippen LogP contribution is 2.31. The van der Waals surface area contributed by atoms with E-state index in [4.69, 9.17) is 9.72 Å². The Balaban J connectivity index is 2.32. The Hall–Kier alpha value is -2.21. The molecule has 0 atom stereocenters. The van der Waals surface area contributed by atoms with Crippen LogP contribution >= 0.6 is 15.9 Å². The van der Waals surface area contributed by atoms with Crippen molar-refractivity contribution in [2.75, 3.05) is 6.61 Å². The van der Waals surface area contributed by atoms with Gasteiger partial charge in [0.05, 0.1) is 23.3 Å². The maximum absolute atomic E-state index is 12.5. The molecule has 0 saturated carbocycles. The van der Waals surface area contributed by atoms with E-state index in [0.717, 1.165) is 11.3 Å². The Morgan fingerprint density at radius 3 is 2.62 bits per heavy atom. The number of ether oxygens (including phenoxy) is 1. The molecule has 124 valence electrons. The molecule has 0 aliphatic rings. The molecule has 0 fully saturated rings. The first kappa shape index (κ1) is 16.6. The van der Waals surface area contributed by atoms with Gasteiger partial charge in [-0.2, -0.15) is 5.10 Å². The molecule has 0 amide bonds. The van der Waals surface area contributed by atoms with Crippen LogP contribution < -0.4 is 0 Å². The number of rotatable bonds is 4. The molecule has 0 aliphatic heterocycles. The Kier molecular flexibility index (Phi) is 4.66. The van der Waals surface area contributed by atoms with Crippen molar-refractivity contribution in [3.63, 3.8) is 0 Å². The molecule has 24 heavy (non-hydrogen) atoms. The molecule has 3 rings (SSSR count). The number of carbonyl (C=O) groups is 1. The maximum Gasteiger partial charge on any atom is 0.339 e. The summed E-state index contributed by atoms with van der Waals surface area (Å²) < 4.78 is 7.64. The average molecular weight is 388 g/mol. The Bertz CT molecular complexity index is 888. The normalized spacial score (nSPS) is 11.2. The fourth-order valence-electron chi connectivity index (χ4n) is 2.58. The average Bonchev–Trinajstić information content (AvgIpc) is 2.92. The number of hydrogen-bond donors (Lipinski definition) is 0. The summed E-state index contributed by atoms with van der Waals surface area (Å²) in [6.45, 7) is 6.17. The topological polar surface area (TPSA) is 57.0 Å². The summed E-state index contributed by atoms with van der Waals surface area (Å²) in [5.41, 5.74) is 2.80. The molecule has 0 saturated heterocycles. The van der Waals surface area contributed by atoms with Crippen LogP contribution in [0.15, 0.2) is 41.0 Å². The number of benzene rings is 1. The second-order valence-electron chi connectivity index (χ2n) is 5.67. The van der Waals surface area contributed by atoms with E-state index in [1.54, 1.807) is 13.0 Å². The van der Waals surface area contributed by atoms with E-state index in [-0.39, 0.29) is 12.0 Å². The lowest BCUT2D eigenvalue weighted by Crippen LogP contribution is -2.08. The largest absolute Gasteiger partial charge is 0.462 e. The van der Waals surface area contributed by atoms with Crippen LogP contribution in [0, 0.1) is 0 Å². The molecule has 6 heteroatoms. The van der Waals surface area contributed by atoms with Crippen molar-refractivity contribution in [2.24, 2.45) is 0 Å². The molecule has 2 aromatic heterocycles. The second kappa shape index (κ2) is 6.73. The van der Waals surface area contributed by atoms with Crippen LogP contribution in [0.25, 0.3) is 22.3 Å². The van der Waals surface area contributed by atoms with E-state index in [2.05, 4.69) is 21.0 Å². The van der Waals surface area contributed by atoms with Gasteiger partial charge in [0.1, 0.15) is 4.60 Å². The fourth-order valence-corrected chi connectivity index (χ4v) is 3.14. The zero-order valence-electron chi connectivity index (χ0n) is 13.8. The number of aromatic nitrogens is 3. The van der Waals surface area contributed by atoms with Crippen molar-refractivity contribution in [1.82, 2.24) is 14.8 Å². The predicted molar refractivity (Wildman–Crippen MR) is 97.0 cm³/mol. The fraction of sp³-hybridized carbons (Fsp3) is 0.278. The zero-order chi connectivity index (χ0) is 17.3. The standard InChI is InChI=1S/C18H18BrN3O2/c1-4-24-18(23)13-10-14(12-8-6-5-7-9-12)20-17-15(13)16(19)21-22(17)11(2)3/h5-11H,4H2,1-3H3. The van der Waals surface area contributed by atoms with E-state index in [1.807, 2.05) is 48.9 Å². The van der Waals surface area contributed by atoms with Gasteiger partial charge in [0.2, 0.25) is 0 Å². The van der Waals surface area contributed by atoms with Crippen LogP contribution in [0.5, 0.6) is 0 Å². The molecule has 0 unspecified atom stereocenters. The number of halogens is 1. The first-order valence-corrected chi connectivity index (χ1v) is 8.63. The van der Waals surface area contributed by atoms with Gasteiger partial charge in [0.15, 0.2) is 5.65 Å².